The maximum absolute atomic E-state index is 12.6. The molecule has 0 fully saturated rings. The van der Waals surface area contributed by atoms with E-state index in [1.807, 2.05) is 72.3 Å². The predicted molar refractivity (Wildman–Crippen MR) is 96.3 cm³/mol. The number of carbonyl (C=O) groups is 1. The Kier molecular flexibility index (Phi) is 5.26. The number of ether oxygens (including phenoxy) is 1. The summed E-state index contributed by atoms with van der Waals surface area (Å²) >= 11 is 0. The molecule has 0 unspecified atom stereocenters. The summed E-state index contributed by atoms with van der Waals surface area (Å²) in [6.07, 6.45) is 4.75. The topological polar surface area (TPSA) is 56.1 Å². The first-order chi connectivity index (χ1) is 12.2. The number of hydrogen-bond acceptors (Lipinski definition) is 3. The third-order valence-electron chi connectivity index (χ3n) is 4.11. The van der Waals surface area contributed by atoms with Crippen LogP contribution in [0.2, 0.25) is 0 Å². The Morgan fingerprint density at radius 1 is 1.12 bits per heavy atom. The van der Waals surface area contributed by atoms with Crippen LogP contribution in [-0.2, 0) is 9.53 Å². The second-order valence-corrected chi connectivity index (χ2v) is 5.82. The van der Waals surface area contributed by atoms with Crippen LogP contribution < -0.4 is 5.32 Å². The molecule has 0 saturated heterocycles. The molecule has 5 nitrogen and oxygen atoms in total. The molecule has 0 aliphatic rings. The van der Waals surface area contributed by atoms with Crippen molar-refractivity contribution in [2.45, 2.75) is 19.1 Å². The highest BCUT2D eigenvalue weighted by molar-refractivity contribution is 5.82. The van der Waals surface area contributed by atoms with Gasteiger partial charge in [-0.25, -0.2) is 4.98 Å². The Morgan fingerprint density at radius 2 is 1.88 bits per heavy atom. The van der Waals surface area contributed by atoms with Gasteiger partial charge in [-0.05, 0) is 30.2 Å². The molecular weight excluding hydrogens is 314 g/mol. The molecule has 2 atom stereocenters. The lowest BCUT2D eigenvalue weighted by Gasteiger charge is -2.20. The standard InChI is InChI=1S/C20H21N3O2/c1-15(17-9-6-10-18(13-17)23-12-11-21-14-23)22-20(24)19(25-2)16-7-4-3-5-8-16/h3-15,19H,1-2H3,(H,22,24)/t15-,19-/m1/s1. The zero-order valence-corrected chi connectivity index (χ0v) is 14.3. The highest BCUT2D eigenvalue weighted by atomic mass is 16.5. The first-order valence-electron chi connectivity index (χ1n) is 8.15. The molecule has 0 saturated carbocycles. The van der Waals surface area contributed by atoms with Crippen LogP contribution in [0.3, 0.4) is 0 Å². The molecule has 1 aromatic heterocycles. The number of nitrogens with one attached hydrogen (secondary N) is 1. The summed E-state index contributed by atoms with van der Waals surface area (Å²) in [5.41, 5.74) is 2.85. The Hall–Kier alpha value is -2.92. The highest BCUT2D eigenvalue weighted by Gasteiger charge is 2.21. The summed E-state index contributed by atoms with van der Waals surface area (Å²) in [4.78, 5) is 16.7. The number of hydrogen-bond donors (Lipinski definition) is 1. The minimum Gasteiger partial charge on any atom is -0.367 e. The van der Waals surface area contributed by atoms with Crippen molar-refractivity contribution in [3.63, 3.8) is 0 Å². The van der Waals surface area contributed by atoms with Gasteiger partial charge in [-0.15, -0.1) is 0 Å². The number of aromatic nitrogens is 2. The molecule has 0 bridgehead atoms. The van der Waals surface area contributed by atoms with Crippen LogP contribution in [0.25, 0.3) is 5.69 Å². The van der Waals surface area contributed by atoms with Crippen molar-refractivity contribution in [2.75, 3.05) is 7.11 Å². The Labute approximate surface area is 147 Å². The Morgan fingerprint density at radius 3 is 2.56 bits per heavy atom. The normalized spacial score (nSPS) is 13.2. The number of carbonyl (C=O) groups excluding carboxylic acids is 1. The van der Waals surface area contributed by atoms with Crippen molar-refractivity contribution in [1.29, 1.82) is 0 Å². The zero-order chi connectivity index (χ0) is 17.6. The minimum atomic E-state index is -0.625. The lowest BCUT2D eigenvalue weighted by molar-refractivity contribution is -0.132. The molecule has 0 aliphatic heterocycles. The van der Waals surface area contributed by atoms with Crippen LogP contribution >= 0.6 is 0 Å². The smallest absolute Gasteiger partial charge is 0.254 e. The van der Waals surface area contributed by atoms with E-state index in [4.69, 9.17) is 4.74 Å². The Balaban J connectivity index is 1.74. The fourth-order valence-electron chi connectivity index (χ4n) is 2.76. The summed E-state index contributed by atoms with van der Waals surface area (Å²) < 4.78 is 7.32. The zero-order valence-electron chi connectivity index (χ0n) is 14.3. The monoisotopic (exact) mass is 335 g/mol. The quantitative estimate of drug-likeness (QED) is 0.751. The molecule has 3 aromatic rings. The van der Waals surface area contributed by atoms with E-state index in [9.17, 15) is 4.79 Å². The molecule has 1 N–H and O–H groups in total. The van der Waals surface area contributed by atoms with E-state index in [1.54, 1.807) is 19.6 Å². The van der Waals surface area contributed by atoms with Crippen molar-refractivity contribution in [2.24, 2.45) is 0 Å². The molecule has 25 heavy (non-hydrogen) atoms. The van der Waals surface area contributed by atoms with Gasteiger partial charge in [0.2, 0.25) is 0 Å². The van der Waals surface area contributed by atoms with Crippen LogP contribution in [0.5, 0.6) is 0 Å². The van der Waals surface area contributed by atoms with Crippen LogP contribution in [-0.4, -0.2) is 22.6 Å². The molecule has 2 aromatic carbocycles. The Bertz CT molecular complexity index is 816. The van der Waals surface area contributed by atoms with Crippen LogP contribution in [0, 0.1) is 0 Å². The third kappa shape index (κ3) is 3.95. The highest BCUT2D eigenvalue weighted by Crippen LogP contribution is 2.20. The molecular formula is C20H21N3O2. The molecule has 0 radical (unpaired) electrons. The van der Waals surface area contributed by atoms with Gasteiger partial charge >= 0.3 is 0 Å². The SMILES string of the molecule is CO[C@@H](C(=O)N[C@H](C)c1cccc(-n2ccnc2)c1)c1ccccc1. The second kappa shape index (κ2) is 7.77. The molecule has 1 amide bonds. The molecule has 1 heterocycles. The van der Waals surface area contributed by atoms with Gasteiger partial charge in [-0.1, -0.05) is 42.5 Å². The lowest BCUT2D eigenvalue weighted by atomic mass is 10.1. The van der Waals surface area contributed by atoms with Crippen LogP contribution in [0.1, 0.15) is 30.2 Å². The molecule has 0 spiro atoms. The van der Waals surface area contributed by atoms with Crippen LogP contribution in [0.4, 0.5) is 0 Å². The summed E-state index contributed by atoms with van der Waals surface area (Å²) in [5.74, 6) is -0.158. The van der Waals surface area contributed by atoms with Crippen molar-refractivity contribution < 1.29 is 9.53 Å². The predicted octanol–water partition coefficient (Wildman–Crippen LogP) is 3.44. The number of benzene rings is 2. The van der Waals surface area contributed by atoms with Crippen molar-refractivity contribution in [1.82, 2.24) is 14.9 Å². The number of imidazole rings is 1. The molecule has 0 aliphatic carbocycles. The number of methoxy groups -OCH3 is 1. The fourth-order valence-corrected chi connectivity index (χ4v) is 2.76. The van der Waals surface area contributed by atoms with Gasteiger partial charge in [0, 0.05) is 25.2 Å². The van der Waals surface area contributed by atoms with Gasteiger partial charge in [0.25, 0.3) is 5.91 Å². The molecule has 3 rings (SSSR count). The number of nitrogens with zero attached hydrogens (tertiary/aromatic N) is 2. The van der Waals surface area contributed by atoms with Crippen molar-refractivity contribution in [3.05, 3.63) is 84.4 Å². The van der Waals surface area contributed by atoms with E-state index in [2.05, 4.69) is 10.3 Å². The van der Waals surface area contributed by atoms with Gasteiger partial charge in [-0.3, -0.25) is 4.79 Å². The van der Waals surface area contributed by atoms with Gasteiger partial charge in [-0.2, -0.15) is 0 Å². The first-order valence-corrected chi connectivity index (χ1v) is 8.15. The van der Waals surface area contributed by atoms with E-state index >= 15 is 0 Å². The van der Waals surface area contributed by atoms with E-state index in [-0.39, 0.29) is 11.9 Å². The van der Waals surface area contributed by atoms with E-state index < -0.39 is 6.10 Å². The van der Waals surface area contributed by atoms with E-state index in [0.29, 0.717) is 0 Å². The van der Waals surface area contributed by atoms with E-state index in [1.165, 1.54) is 0 Å². The van der Waals surface area contributed by atoms with Gasteiger partial charge in [0.1, 0.15) is 0 Å². The third-order valence-corrected chi connectivity index (χ3v) is 4.11. The van der Waals surface area contributed by atoms with Crippen molar-refractivity contribution >= 4 is 5.91 Å². The van der Waals surface area contributed by atoms with Gasteiger partial charge in [0.15, 0.2) is 6.10 Å². The summed E-state index contributed by atoms with van der Waals surface area (Å²) in [6.45, 7) is 1.96. The minimum absolute atomic E-state index is 0.141. The summed E-state index contributed by atoms with van der Waals surface area (Å²) in [6, 6.07) is 17.3. The first kappa shape index (κ1) is 16.9. The average molecular weight is 335 g/mol. The maximum Gasteiger partial charge on any atom is 0.254 e. The average Bonchev–Trinajstić information content (AvgIpc) is 3.18. The van der Waals surface area contributed by atoms with Crippen molar-refractivity contribution in [3.8, 4) is 5.69 Å². The summed E-state index contributed by atoms with van der Waals surface area (Å²) in [7, 11) is 1.54. The van der Waals surface area contributed by atoms with Gasteiger partial charge < -0.3 is 14.6 Å². The van der Waals surface area contributed by atoms with E-state index in [0.717, 1.165) is 16.8 Å². The van der Waals surface area contributed by atoms with Gasteiger partial charge in [0.05, 0.1) is 12.4 Å². The summed E-state index contributed by atoms with van der Waals surface area (Å²) in [5, 5.41) is 3.03. The molecule has 5 heteroatoms. The second-order valence-electron chi connectivity index (χ2n) is 5.82. The maximum atomic E-state index is 12.6. The largest absolute Gasteiger partial charge is 0.367 e. The number of rotatable bonds is 6. The lowest BCUT2D eigenvalue weighted by Crippen LogP contribution is -2.32. The molecule has 128 valence electrons. The fraction of sp³-hybridized carbons (Fsp3) is 0.200. The number of amides is 1. The van der Waals surface area contributed by atoms with Crippen LogP contribution in [0.15, 0.2) is 73.3 Å².